The molecule has 0 bridgehead atoms. The van der Waals surface area contributed by atoms with Crippen LogP contribution in [-0.2, 0) is 11.3 Å². The predicted octanol–water partition coefficient (Wildman–Crippen LogP) is 3.80. The second-order valence-electron chi connectivity index (χ2n) is 6.94. The molecule has 1 aliphatic rings. The number of rotatable bonds is 6. The second kappa shape index (κ2) is 11.7. The number of aryl methyl sites for hydroxylation is 1. The lowest BCUT2D eigenvalue weighted by molar-refractivity contribution is -0.0334. The number of hydrogen-bond donors (Lipinski definition) is 2. The first kappa shape index (κ1) is 23.1. The molecule has 2 heterocycles. The number of hydrogen-bond acceptors (Lipinski definition) is 4. The van der Waals surface area contributed by atoms with Crippen molar-refractivity contribution in [3.63, 3.8) is 0 Å². The average Bonchev–Trinajstić information content (AvgIpc) is 3.20. The molecular formula is C21H31IN4OS. The van der Waals surface area contributed by atoms with E-state index in [0.29, 0.717) is 6.04 Å². The number of aliphatic imine (C=N–C) groups is 1. The van der Waals surface area contributed by atoms with Gasteiger partial charge in [0.1, 0.15) is 0 Å². The van der Waals surface area contributed by atoms with Crippen molar-refractivity contribution >= 4 is 41.3 Å². The van der Waals surface area contributed by atoms with Crippen LogP contribution in [0.4, 0.5) is 0 Å². The number of nitrogens with zero attached hydrogens (tertiary/aromatic N) is 2. The third kappa shape index (κ3) is 6.43. The zero-order valence-corrected chi connectivity index (χ0v) is 20.0. The van der Waals surface area contributed by atoms with Crippen LogP contribution in [0.15, 0.2) is 46.8 Å². The number of thiophene rings is 1. The summed E-state index contributed by atoms with van der Waals surface area (Å²) in [6, 6.07) is 13.1. The van der Waals surface area contributed by atoms with E-state index in [1.54, 1.807) is 0 Å². The molecule has 0 radical (unpaired) electrons. The van der Waals surface area contributed by atoms with Crippen molar-refractivity contribution in [2.45, 2.75) is 32.5 Å². The van der Waals surface area contributed by atoms with E-state index in [4.69, 9.17) is 4.74 Å². The summed E-state index contributed by atoms with van der Waals surface area (Å²) < 4.78 is 5.73. The van der Waals surface area contributed by atoms with Crippen LogP contribution in [-0.4, -0.2) is 50.3 Å². The number of guanidine groups is 1. The first-order valence-electron chi connectivity index (χ1n) is 9.55. The normalized spacial score (nSPS) is 19.0. The Morgan fingerprint density at radius 1 is 1.29 bits per heavy atom. The standard InChI is InChI=1S/C21H30N4OS.HI/c1-16-7-4-5-8-18(16)13-23-21(22-3)24-14-19(20-9-6-12-27-20)25-10-11-26-17(2)15-25;/h4-9,12,17,19H,10-11,13-15H2,1-3H3,(H2,22,23,24);1H. The van der Waals surface area contributed by atoms with E-state index in [1.165, 1.54) is 16.0 Å². The highest BCUT2D eigenvalue weighted by molar-refractivity contribution is 14.0. The Labute approximate surface area is 189 Å². The molecule has 1 aromatic heterocycles. The highest BCUT2D eigenvalue weighted by Crippen LogP contribution is 2.26. The first-order valence-corrected chi connectivity index (χ1v) is 10.4. The fourth-order valence-electron chi connectivity index (χ4n) is 3.42. The van der Waals surface area contributed by atoms with Gasteiger partial charge in [0.05, 0.1) is 18.8 Å². The van der Waals surface area contributed by atoms with Crippen molar-refractivity contribution < 1.29 is 4.74 Å². The van der Waals surface area contributed by atoms with E-state index in [9.17, 15) is 0 Å². The summed E-state index contributed by atoms with van der Waals surface area (Å²) in [5.74, 6) is 0.834. The minimum atomic E-state index is 0. The molecule has 2 atom stereocenters. The van der Waals surface area contributed by atoms with E-state index >= 15 is 0 Å². The molecule has 0 spiro atoms. The monoisotopic (exact) mass is 514 g/mol. The minimum Gasteiger partial charge on any atom is -0.376 e. The highest BCUT2D eigenvalue weighted by atomic mass is 127. The Balaban J connectivity index is 0.00000280. The molecule has 2 N–H and O–H groups in total. The SMILES string of the molecule is CN=C(NCc1ccccc1C)NCC(c1cccs1)N1CCOC(C)C1.I. The number of benzene rings is 1. The van der Waals surface area contributed by atoms with Crippen LogP contribution in [0, 0.1) is 6.92 Å². The third-order valence-electron chi connectivity index (χ3n) is 4.98. The first-order chi connectivity index (χ1) is 13.2. The van der Waals surface area contributed by atoms with Gasteiger partial charge in [0.2, 0.25) is 0 Å². The van der Waals surface area contributed by atoms with Gasteiger partial charge in [0.15, 0.2) is 5.96 Å². The van der Waals surface area contributed by atoms with Crippen LogP contribution in [0.5, 0.6) is 0 Å². The number of halogens is 1. The lowest BCUT2D eigenvalue weighted by Crippen LogP contribution is -2.48. The molecule has 1 aliphatic heterocycles. The molecule has 5 nitrogen and oxygen atoms in total. The zero-order chi connectivity index (χ0) is 19.1. The maximum absolute atomic E-state index is 5.73. The average molecular weight is 514 g/mol. The summed E-state index contributed by atoms with van der Waals surface area (Å²) in [7, 11) is 1.82. The second-order valence-corrected chi connectivity index (χ2v) is 7.92. The molecule has 7 heteroatoms. The Morgan fingerprint density at radius 3 is 2.79 bits per heavy atom. The Kier molecular flexibility index (Phi) is 9.70. The quantitative estimate of drug-likeness (QED) is 0.350. The lowest BCUT2D eigenvalue weighted by Gasteiger charge is -2.37. The molecule has 0 amide bonds. The summed E-state index contributed by atoms with van der Waals surface area (Å²) in [5.41, 5.74) is 2.58. The van der Waals surface area contributed by atoms with Crippen molar-refractivity contribution in [3.05, 3.63) is 57.8 Å². The van der Waals surface area contributed by atoms with Crippen LogP contribution in [0.3, 0.4) is 0 Å². The van der Waals surface area contributed by atoms with E-state index in [0.717, 1.165) is 38.7 Å². The van der Waals surface area contributed by atoms with E-state index < -0.39 is 0 Å². The van der Waals surface area contributed by atoms with Gasteiger partial charge in [-0.1, -0.05) is 30.3 Å². The summed E-state index contributed by atoms with van der Waals surface area (Å²) in [5, 5.41) is 9.11. The van der Waals surface area contributed by atoms with Gasteiger partial charge in [-0.3, -0.25) is 9.89 Å². The molecule has 2 unspecified atom stereocenters. The Morgan fingerprint density at radius 2 is 2.11 bits per heavy atom. The summed E-state index contributed by atoms with van der Waals surface area (Å²) >= 11 is 1.81. The van der Waals surface area contributed by atoms with Crippen molar-refractivity contribution in [1.82, 2.24) is 15.5 Å². The highest BCUT2D eigenvalue weighted by Gasteiger charge is 2.26. The van der Waals surface area contributed by atoms with Gasteiger partial charge in [-0.15, -0.1) is 35.3 Å². The van der Waals surface area contributed by atoms with Gasteiger partial charge < -0.3 is 15.4 Å². The van der Waals surface area contributed by atoms with Crippen molar-refractivity contribution in [2.24, 2.45) is 4.99 Å². The predicted molar refractivity (Wildman–Crippen MR) is 129 cm³/mol. The lowest BCUT2D eigenvalue weighted by atomic mass is 10.1. The van der Waals surface area contributed by atoms with Gasteiger partial charge >= 0.3 is 0 Å². The molecule has 28 heavy (non-hydrogen) atoms. The summed E-state index contributed by atoms with van der Waals surface area (Å²) in [6.45, 7) is 8.59. The molecule has 0 aliphatic carbocycles. The van der Waals surface area contributed by atoms with Gasteiger partial charge in [-0.25, -0.2) is 0 Å². The maximum Gasteiger partial charge on any atom is 0.191 e. The number of nitrogens with one attached hydrogen (secondary N) is 2. The van der Waals surface area contributed by atoms with Crippen LogP contribution >= 0.6 is 35.3 Å². The van der Waals surface area contributed by atoms with Crippen molar-refractivity contribution in [1.29, 1.82) is 0 Å². The topological polar surface area (TPSA) is 48.9 Å². The molecule has 1 fully saturated rings. The fraction of sp³-hybridized carbons (Fsp3) is 0.476. The summed E-state index contributed by atoms with van der Waals surface area (Å²) in [6.07, 6.45) is 0.278. The molecular weight excluding hydrogens is 483 g/mol. The number of ether oxygens (including phenoxy) is 1. The van der Waals surface area contributed by atoms with Gasteiger partial charge in [0, 0.05) is 38.1 Å². The smallest absolute Gasteiger partial charge is 0.191 e. The van der Waals surface area contributed by atoms with Crippen LogP contribution in [0.2, 0.25) is 0 Å². The maximum atomic E-state index is 5.73. The van der Waals surface area contributed by atoms with Crippen molar-refractivity contribution in [2.75, 3.05) is 33.3 Å². The molecule has 2 aromatic rings. The molecule has 1 saturated heterocycles. The Bertz CT molecular complexity index is 738. The summed E-state index contributed by atoms with van der Waals surface area (Å²) in [4.78, 5) is 8.30. The molecule has 3 rings (SSSR count). The van der Waals surface area contributed by atoms with Gasteiger partial charge in [-0.2, -0.15) is 0 Å². The minimum absolute atomic E-state index is 0. The molecule has 0 saturated carbocycles. The Hall–Kier alpha value is -1.16. The molecule has 1 aromatic carbocycles. The van der Waals surface area contributed by atoms with Gasteiger partial charge in [0.25, 0.3) is 0 Å². The van der Waals surface area contributed by atoms with Crippen molar-refractivity contribution in [3.8, 4) is 0 Å². The zero-order valence-electron chi connectivity index (χ0n) is 16.9. The van der Waals surface area contributed by atoms with E-state index in [2.05, 4.69) is 76.2 Å². The van der Waals surface area contributed by atoms with Crippen LogP contribution in [0.1, 0.15) is 29.0 Å². The largest absolute Gasteiger partial charge is 0.376 e. The molecule has 154 valence electrons. The van der Waals surface area contributed by atoms with E-state index in [1.807, 2.05) is 18.4 Å². The van der Waals surface area contributed by atoms with Gasteiger partial charge in [-0.05, 0) is 36.4 Å². The third-order valence-corrected chi connectivity index (χ3v) is 5.95. The van der Waals surface area contributed by atoms with Crippen LogP contribution < -0.4 is 10.6 Å². The van der Waals surface area contributed by atoms with Crippen LogP contribution in [0.25, 0.3) is 0 Å². The van der Waals surface area contributed by atoms with E-state index in [-0.39, 0.29) is 30.1 Å². The fourth-order valence-corrected chi connectivity index (χ4v) is 4.28. The number of morpholine rings is 1.